The van der Waals surface area contributed by atoms with E-state index in [0.29, 0.717) is 64.0 Å². The number of unbranched alkanes of at least 4 members (excludes halogenated alkanes) is 2. The fraction of sp³-hybridized carbons (Fsp3) is 0.250. The number of ether oxygens (including phenoxy) is 6. The molecule has 0 atom stereocenters. The summed E-state index contributed by atoms with van der Waals surface area (Å²) in [4.78, 5) is 8.75. The van der Waals surface area contributed by atoms with Gasteiger partial charge in [0.2, 0.25) is 9.84 Å². The largest absolute Gasteiger partial charge is 0.491 e. The van der Waals surface area contributed by atoms with E-state index in [1.165, 1.54) is 0 Å². The Morgan fingerprint density at radius 1 is 0.351 bits per heavy atom. The van der Waals surface area contributed by atoms with Crippen LogP contribution in [-0.4, -0.2) is 74.5 Å². The molecule has 0 bridgehead atoms. The van der Waals surface area contributed by atoms with Gasteiger partial charge in [-0.3, -0.25) is 0 Å². The molecular formula is C64H56O8S5. The monoisotopic (exact) mass is 1110 g/mol. The van der Waals surface area contributed by atoms with Crippen molar-refractivity contribution in [3.8, 4) is 89.5 Å². The molecule has 13 heteroatoms. The molecule has 8 nitrogen and oxygen atoms in total. The van der Waals surface area contributed by atoms with Gasteiger partial charge < -0.3 is 28.4 Å². The van der Waals surface area contributed by atoms with Crippen molar-refractivity contribution >= 4 is 55.2 Å². The van der Waals surface area contributed by atoms with Crippen LogP contribution in [0.15, 0.2) is 143 Å². The van der Waals surface area contributed by atoms with E-state index in [1.54, 1.807) is 69.6 Å². The first kappa shape index (κ1) is 55.1. The predicted octanol–water partition coefficient (Wildman–Crippen LogP) is 14.1. The Balaban J connectivity index is 0.768. The fourth-order valence-corrected chi connectivity index (χ4v) is 13.0. The lowest BCUT2D eigenvalue weighted by molar-refractivity contribution is 0.0356. The summed E-state index contributed by atoms with van der Waals surface area (Å²) < 4.78 is 61.1. The molecule has 0 unspecified atom stereocenters. The Morgan fingerprint density at radius 3 is 1.01 bits per heavy atom. The Bertz CT molecular complexity index is 3390. The number of hydrogen-bond acceptors (Lipinski definition) is 12. The van der Waals surface area contributed by atoms with Crippen molar-refractivity contribution in [2.45, 2.75) is 49.3 Å². The third kappa shape index (κ3) is 15.7. The van der Waals surface area contributed by atoms with Crippen LogP contribution in [0.25, 0.3) is 30.6 Å². The van der Waals surface area contributed by atoms with Crippen molar-refractivity contribution in [3.05, 3.63) is 175 Å². The van der Waals surface area contributed by atoms with E-state index in [4.69, 9.17) is 28.4 Å². The summed E-state index contributed by atoms with van der Waals surface area (Å²) in [5, 5.41) is 0. The third-order valence-corrected chi connectivity index (χ3v) is 18.1. The first-order chi connectivity index (χ1) is 37.8. The van der Waals surface area contributed by atoms with Crippen LogP contribution in [0, 0.1) is 47.4 Å². The van der Waals surface area contributed by atoms with Crippen molar-refractivity contribution in [2.75, 3.05) is 66.1 Å². The Morgan fingerprint density at radius 2 is 0.662 bits per heavy atom. The van der Waals surface area contributed by atoms with Crippen molar-refractivity contribution < 1.29 is 36.8 Å². The zero-order valence-corrected chi connectivity index (χ0v) is 47.0. The smallest absolute Gasteiger partial charge is 0.207 e. The molecule has 1 aliphatic heterocycles. The topological polar surface area (TPSA) is 89.5 Å². The number of thiophene rings is 4. The van der Waals surface area contributed by atoms with Crippen molar-refractivity contribution in [2.24, 2.45) is 0 Å². The summed E-state index contributed by atoms with van der Waals surface area (Å²) in [6, 6.07) is 42.6. The molecule has 4 aromatic carbocycles. The maximum absolute atomic E-state index is 13.6. The average molecular weight is 1110 g/mol. The van der Waals surface area contributed by atoms with Gasteiger partial charge in [-0.1, -0.05) is 74.1 Å². The van der Waals surface area contributed by atoms with E-state index in [9.17, 15) is 8.42 Å². The van der Waals surface area contributed by atoms with Gasteiger partial charge in [0.05, 0.1) is 68.9 Å². The van der Waals surface area contributed by atoms with Crippen LogP contribution in [0.2, 0.25) is 0 Å². The van der Waals surface area contributed by atoms with Gasteiger partial charge in [0, 0.05) is 66.1 Å². The van der Waals surface area contributed by atoms with Crippen LogP contribution in [0.3, 0.4) is 0 Å². The summed E-state index contributed by atoms with van der Waals surface area (Å²) in [6.07, 6.45) is 4.40. The van der Waals surface area contributed by atoms with E-state index in [1.807, 2.05) is 84.9 Å². The standard InChI is InChI=1S/C64H56O8S5/c1-3-5-35-67-37-39-69-41-43-71-51-17-7-47(8-18-51)11-21-53-25-29-59(73-53)61-31-27-55(75-61)23-13-49-15-33-63-57(45-49)58-46-50(16-34-64(58)77(63,65)66)14-24-56-28-32-62(76-56)60-30-26-54(74-60)22-12-48-9-19-52(20-10-48)72-44-42-70-40-38-68-36-6-4-2/h7-10,15-20,25-34,45-46H,3-6,35-44H2,1-2H3. The highest BCUT2D eigenvalue weighted by Gasteiger charge is 2.33. The van der Waals surface area contributed by atoms with Gasteiger partial charge >= 0.3 is 0 Å². The molecule has 0 aliphatic carbocycles. The summed E-state index contributed by atoms with van der Waals surface area (Å²) in [6.45, 7) is 10.2. The normalized spacial score (nSPS) is 11.7. The zero-order valence-electron chi connectivity index (χ0n) is 42.9. The molecule has 0 spiro atoms. The zero-order chi connectivity index (χ0) is 53.1. The highest BCUT2D eigenvalue weighted by atomic mass is 32.2. The number of sulfone groups is 1. The molecule has 0 saturated carbocycles. The Labute approximate surface area is 468 Å². The van der Waals surface area contributed by atoms with Crippen LogP contribution in [0.5, 0.6) is 11.5 Å². The second-order valence-corrected chi connectivity index (χ2v) is 23.7. The number of fused-ring (bicyclic) bond motifs is 3. The molecule has 4 aromatic heterocycles. The molecule has 9 rings (SSSR count). The maximum atomic E-state index is 13.6. The molecule has 0 saturated heterocycles. The van der Waals surface area contributed by atoms with Gasteiger partial charge in [0.15, 0.2) is 0 Å². The second kappa shape index (κ2) is 28.1. The summed E-state index contributed by atoms with van der Waals surface area (Å²) in [5.41, 5.74) is 4.54. The average Bonchev–Trinajstić information content (AvgIpc) is 4.41. The third-order valence-electron chi connectivity index (χ3n) is 11.8. The van der Waals surface area contributed by atoms with E-state index >= 15 is 0 Å². The lowest BCUT2D eigenvalue weighted by Crippen LogP contribution is -2.11. The highest BCUT2D eigenvalue weighted by molar-refractivity contribution is 7.92. The van der Waals surface area contributed by atoms with Gasteiger partial charge in [-0.2, -0.15) is 0 Å². The van der Waals surface area contributed by atoms with E-state index in [-0.39, 0.29) is 9.79 Å². The van der Waals surface area contributed by atoms with Crippen LogP contribution in [0.4, 0.5) is 0 Å². The summed E-state index contributed by atoms with van der Waals surface area (Å²) >= 11 is 6.50. The maximum Gasteiger partial charge on any atom is 0.207 e. The Kier molecular flexibility index (Phi) is 20.1. The van der Waals surface area contributed by atoms with Crippen molar-refractivity contribution in [3.63, 3.8) is 0 Å². The fourth-order valence-electron chi connectivity index (χ4n) is 7.75. The van der Waals surface area contributed by atoms with Crippen LogP contribution >= 0.6 is 45.3 Å². The van der Waals surface area contributed by atoms with Gasteiger partial charge in [-0.15, -0.1) is 45.3 Å². The van der Waals surface area contributed by atoms with E-state index < -0.39 is 9.84 Å². The number of hydrogen-bond donors (Lipinski definition) is 0. The van der Waals surface area contributed by atoms with E-state index in [0.717, 1.165) is 112 Å². The van der Waals surface area contributed by atoms with Gasteiger partial charge in [-0.05, 0) is 146 Å². The minimum Gasteiger partial charge on any atom is -0.491 e. The molecule has 0 N–H and O–H groups in total. The molecule has 77 heavy (non-hydrogen) atoms. The van der Waals surface area contributed by atoms with E-state index in [2.05, 4.69) is 85.5 Å². The summed E-state index contributed by atoms with van der Waals surface area (Å²) in [5.74, 6) is 27.8. The lowest BCUT2D eigenvalue weighted by atomic mass is 10.0. The summed E-state index contributed by atoms with van der Waals surface area (Å²) in [7, 11) is -3.68. The minimum absolute atomic E-state index is 0.281. The number of benzene rings is 4. The van der Waals surface area contributed by atoms with Gasteiger partial charge in [0.1, 0.15) is 24.7 Å². The second-order valence-electron chi connectivity index (χ2n) is 17.5. The molecule has 0 radical (unpaired) electrons. The van der Waals surface area contributed by atoms with Gasteiger partial charge in [0.25, 0.3) is 0 Å². The quantitative estimate of drug-likeness (QED) is 0.0490. The van der Waals surface area contributed by atoms with Crippen molar-refractivity contribution in [1.82, 2.24) is 0 Å². The molecule has 5 heterocycles. The molecule has 0 fully saturated rings. The molecule has 0 amide bonds. The number of rotatable bonds is 22. The molecular weight excluding hydrogens is 1060 g/mol. The highest BCUT2D eigenvalue weighted by Crippen LogP contribution is 2.44. The van der Waals surface area contributed by atoms with Crippen LogP contribution in [-0.2, 0) is 28.8 Å². The minimum atomic E-state index is -3.68. The first-order valence-corrected chi connectivity index (χ1v) is 30.3. The van der Waals surface area contributed by atoms with Gasteiger partial charge in [-0.25, -0.2) is 8.42 Å². The molecule has 1 aliphatic rings. The first-order valence-electron chi connectivity index (χ1n) is 25.6. The van der Waals surface area contributed by atoms with Crippen molar-refractivity contribution in [1.29, 1.82) is 0 Å². The molecule has 390 valence electrons. The van der Waals surface area contributed by atoms with Crippen LogP contribution < -0.4 is 9.47 Å². The molecule has 8 aromatic rings. The lowest BCUT2D eigenvalue weighted by Gasteiger charge is -2.07. The SMILES string of the molecule is CCCCOCCOCCOc1ccc(C#Cc2ccc(-c3ccc(C#Cc4ccc5c(c4)-c4cc(C#Cc6ccc(-c7ccc(C#Cc8ccc(OCCOCCOCCCC)cc8)s7)s6)ccc4S5(=O)=O)s3)s2)cc1. The Hall–Kier alpha value is -6.69. The van der Waals surface area contributed by atoms with Crippen LogP contribution in [0.1, 0.15) is 81.3 Å². The predicted molar refractivity (Wildman–Crippen MR) is 313 cm³/mol.